The number of aromatic carboxylic acids is 2. The summed E-state index contributed by atoms with van der Waals surface area (Å²) in [5.41, 5.74) is 1.60. The zero-order valence-electron chi connectivity index (χ0n) is 14.6. The highest BCUT2D eigenvalue weighted by Gasteiger charge is 2.04. The van der Waals surface area contributed by atoms with Gasteiger partial charge in [0.25, 0.3) is 0 Å². The van der Waals surface area contributed by atoms with E-state index in [0.29, 0.717) is 12.0 Å². The van der Waals surface area contributed by atoms with Crippen LogP contribution in [0, 0.1) is 0 Å². The van der Waals surface area contributed by atoms with Gasteiger partial charge in [-0.3, -0.25) is 4.79 Å². The van der Waals surface area contributed by atoms with Gasteiger partial charge in [0.1, 0.15) is 0 Å². The van der Waals surface area contributed by atoms with E-state index in [9.17, 15) is 19.2 Å². The van der Waals surface area contributed by atoms with Crippen LogP contribution in [0.1, 0.15) is 39.7 Å². The number of aliphatic carboxylic acids is 2. The summed E-state index contributed by atoms with van der Waals surface area (Å²) in [6.45, 7) is 0. The van der Waals surface area contributed by atoms with Gasteiger partial charge >= 0.3 is 23.9 Å². The van der Waals surface area contributed by atoms with Crippen LogP contribution in [0.2, 0.25) is 0 Å². The van der Waals surface area contributed by atoms with Crippen molar-refractivity contribution in [2.24, 2.45) is 0 Å². The molecule has 2 aromatic carbocycles. The molecule has 0 aromatic heterocycles. The van der Waals surface area contributed by atoms with E-state index >= 15 is 0 Å². The van der Waals surface area contributed by atoms with Crippen LogP contribution < -0.4 is 0 Å². The minimum atomic E-state index is -1.06. The SMILES string of the molecule is O=C(O)/C=C/c1cccc(C(=O)O)c1.O=C(O)CCc1cccc(C(=O)O)c1.[HH]. The van der Waals surface area contributed by atoms with Gasteiger partial charge in [0.15, 0.2) is 0 Å². The molecule has 0 fully saturated rings. The Bertz CT molecular complexity index is 905. The minimum absolute atomic E-state index is 0. The number of rotatable bonds is 7. The molecule has 8 nitrogen and oxygen atoms in total. The smallest absolute Gasteiger partial charge is 0.335 e. The molecule has 0 aliphatic rings. The molecule has 0 heterocycles. The first-order valence-corrected chi connectivity index (χ1v) is 7.97. The number of aryl methyl sites for hydroxylation is 1. The van der Waals surface area contributed by atoms with E-state index in [0.717, 1.165) is 11.6 Å². The third-order valence-corrected chi connectivity index (χ3v) is 3.35. The Kier molecular flexibility index (Phi) is 8.62. The van der Waals surface area contributed by atoms with Crippen molar-refractivity contribution in [3.05, 3.63) is 76.9 Å². The number of hydrogen-bond acceptors (Lipinski definition) is 4. The highest BCUT2D eigenvalue weighted by Crippen LogP contribution is 2.08. The molecule has 0 atom stereocenters. The van der Waals surface area contributed by atoms with Gasteiger partial charge in [-0.15, -0.1) is 0 Å². The van der Waals surface area contributed by atoms with Crippen molar-refractivity contribution in [2.45, 2.75) is 12.8 Å². The summed E-state index contributed by atoms with van der Waals surface area (Å²) in [7, 11) is 0. The van der Waals surface area contributed by atoms with Crippen molar-refractivity contribution in [3.63, 3.8) is 0 Å². The molecule has 28 heavy (non-hydrogen) atoms. The van der Waals surface area contributed by atoms with Crippen LogP contribution in [0.5, 0.6) is 0 Å². The Hall–Kier alpha value is -3.94. The number of benzene rings is 2. The van der Waals surface area contributed by atoms with Crippen molar-refractivity contribution < 1.29 is 41.0 Å². The zero-order valence-corrected chi connectivity index (χ0v) is 14.6. The standard InChI is InChI=1S/C10H10O4.C10H8O4.H2/c2*11-9(12)5-4-7-2-1-3-8(6-7)10(13)14;/h1-3,6H,4-5H2,(H,11,12)(H,13,14);1-6H,(H,11,12)(H,13,14);1H/b;5-4+;. The zero-order chi connectivity index (χ0) is 21.1. The van der Waals surface area contributed by atoms with Gasteiger partial charge in [0.2, 0.25) is 0 Å². The predicted molar refractivity (Wildman–Crippen MR) is 102 cm³/mol. The van der Waals surface area contributed by atoms with Gasteiger partial charge in [-0.05, 0) is 47.9 Å². The van der Waals surface area contributed by atoms with Crippen molar-refractivity contribution in [1.29, 1.82) is 0 Å². The lowest BCUT2D eigenvalue weighted by Gasteiger charge is -1.99. The molecule has 0 saturated carbocycles. The fourth-order valence-electron chi connectivity index (χ4n) is 2.05. The van der Waals surface area contributed by atoms with Crippen LogP contribution in [0.3, 0.4) is 0 Å². The van der Waals surface area contributed by atoms with Crippen LogP contribution in [0.25, 0.3) is 6.08 Å². The average molecular weight is 388 g/mol. The molecule has 0 radical (unpaired) electrons. The van der Waals surface area contributed by atoms with E-state index in [-0.39, 0.29) is 19.0 Å². The summed E-state index contributed by atoms with van der Waals surface area (Å²) in [6, 6.07) is 12.3. The van der Waals surface area contributed by atoms with E-state index in [1.54, 1.807) is 24.3 Å². The summed E-state index contributed by atoms with van der Waals surface area (Å²) in [5.74, 6) is -3.98. The summed E-state index contributed by atoms with van der Waals surface area (Å²) in [5, 5.41) is 34.1. The van der Waals surface area contributed by atoms with Gasteiger partial charge in [-0.25, -0.2) is 14.4 Å². The monoisotopic (exact) mass is 388 g/mol. The molecule has 0 aliphatic heterocycles. The fraction of sp³-hybridized carbons (Fsp3) is 0.100. The second-order valence-electron chi connectivity index (χ2n) is 5.50. The van der Waals surface area contributed by atoms with Crippen molar-refractivity contribution in [1.82, 2.24) is 0 Å². The Morgan fingerprint density at radius 2 is 1.39 bits per heavy atom. The molecule has 0 amide bonds. The maximum absolute atomic E-state index is 10.6. The van der Waals surface area contributed by atoms with E-state index < -0.39 is 23.9 Å². The van der Waals surface area contributed by atoms with E-state index in [1.807, 2.05) is 0 Å². The van der Waals surface area contributed by atoms with Crippen molar-refractivity contribution in [2.75, 3.05) is 0 Å². The Morgan fingerprint density at radius 1 is 0.821 bits per heavy atom. The quantitative estimate of drug-likeness (QED) is 0.529. The minimum Gasteiger partial charge on any atom is -0.481 e. The maximum atomic E-state index is 10.6. The summed E-state index contributed by atoms with van der Waals surface area (Å²) in [4.78, 5) is 41.6. The highest BCUT2D eigenvalue weighted by molar-refractivity contribution is 5.89. The second kappa shape index (κ2) is 10.9. The molecule has 0 saturated heterocycles. The van der Waals surface area contributed by atoms with Gasteiger partial charge in [0.05, 0.1) is 11.1 Å². The molecule has 0 unspecified atom stereocenters. The van der Waals surface area contributed by atoms with Crippen LogP contribution in [0.15, 0.2) is 54.6 Å². The van der Waals surface area contributed by atoms with Gasteiger partial charge < -0.3 is 20.4 Å². The topological polar surface area (TPSA) is 149 Å². The van der Waals surface area contributed by atoms with Crippen LogP contribution in [-0.2, 0) is 16.0 Å². The van der Waals surface area contributed by atoms with Gasteiger partial charge in [-0.1, -0.05) is 24.3 Å². The van der Waals surface area contributed by atoms with E-state index in [2.05, 4.69) is 0 Å². The predicted octanol–water partition coefficient (Wildman–Crippen LogP) is 3.13. The molecule has 8 heteroatoms. The Labute approximate surface area is 161 Å². The van der Waals surface area contributed by atoms with Crippen LogP contribution in [0.4, 0.5) is 0 Å². The summed E-state index contributed by atoms with van der Waals surface area (Å²) < 4.78 is 0. The molecule has 0 aliphatic carbocycles. The molecule has 148 valence electrons. The Balaban J connectivity index is 0.000000523. The normalized spacial score (nSPS) is 10.0. The second-order valence-corrected chi connectivity index (χ2v) is 5.50. The summed E-state index contributed by atoms with van der Waals surface area (Å²) in [6.07, 6.45) is 2.68. The van der Waals surface area contributed by atoms with Crippen LogP contribution >= 0.6 is 0 Å². The maximum Gasteiger partial charge on any atom is 0.335 e. The molecular formula is C20H20O8. The number of carboxylic acids is 4. The largest absolute Gasteiger partial charge is 0.481 e. The first-order valence-electron chi connectivity index (χ1n) is 7.97. The lowest BCUT2D eigenvalue weighted by atomic mass is 10.1. The third-order valence-electron chi connectivity index (χ3n) is 3.35. The average Bonchev–Trinajstić information content (AvgIpc) is 2.65. The fourth-order valence-corrected chi connectivity index (χ4v) is 2.05. The highest BCUT2D eigenvalue weighted by atomic mass is 16.4. The summed E-state index contributed by atoms with van der Waals surface area (Å²) >= 11 is 0. The third kappa shape index (κ3) is 8.43. The van der Waals surface area contributed by atoms with Crippen LogP contribution in [-0.4, -0.2) is 44.3 Å². The van der Waals surface area contributed by atoms with Crippen molar-refractivity contribution in [3.8, 4) is 0 Å². The van der Waals surface area contributed by atoms with Gasteiger partial charge in [-0.2, -0.15) is 0 Å². The lowest BCUT2D eigenvalue weighted by molar-refractivity contribution is -0.137. The number of carboxylic acid groups (broad SMARTS) is 4. The number of carbonyl (C=O) groups is 4. The first-order chi connectivity index (χ1) is 13.2. The molecule has 4 N–H and O–H groups in total. The molecule has 2 aromatic rings. The molecular weight excluding hydrogens is 368 g/mol. The van der Waals surface area contributed by atoms with Gasteiger partial charge in [0, 0.05) is 13.9 Å². The lowest BCUT2D eigenvalue weighted by Crippen LogP contribution is -2.00. The van der Waals surface area contributed by atoms with Crippen molar-refractivity contribution >= 4 is 30.0 Å². The molecule has 0 bridgehead atoms. The Morgan fingerprint density at radius 3 is 1.93 bits per heavy atom. The van der Waals surface area contributed by atoms with E-state index in [4.69, 9.17) is 20.4 Å². The molecule has 2 rings (SSSR count). The molecule has 0 spiro atoms. The number of hydrogen-bond donors (Lipinski definition) is 4. The van der Waals surface area contributed by atoms with E-state index in [1.165, 1.54) is 30.3 Å². The first kappa shape index (κ1) is 22.1.